The second-order valence-electron chi connectivity index (χ2n) is 9.37. The molecule has 1 spiro atoms. The van der Waals surface area contributed by atoms with Crippen LogP contribution in [0.5, 0.6) is 0 Å². The van der Waals surface area contributed by atoms with E-state index in [0.29, 0.717) is 0 Å². The highest BCUT2D eigenvalue weighted by molar-refractivity contribution is 4.97. The van der Waals surface area contributed by atoms with Gasteiger partial charge in [0.05, 0.1) is 0 Å². The third kappa shape index (κ3) is 3.48. The number of likely N-dealkylation sites (tertiary alicyclic amines) is 3. The third-order valence-corrected chi connectivity index (χ3v) is 7.55. The Morgan fingerprint density at radius 2 is 1.43 bits per heavy atom. The molecule has 4 fully saturated rings. The summed E-state index contributed by atoms with van der Waals surface area (Å²) in [7, 11) is 2.30. The summed E-state index contributed by atoms with van der Waals surface area (Å²) in [6, 6.07) is 1.73. The SMILES string of the molecule is CC1CC2(CCN(C3CCN(C4CCCN(C)C4)CC3)CC2)C1. The van der Waals surface area contributed by atoms with Crippen molar-refractivity contribution >= 4 is 0 Å². The van der Waals surface area contributed by atoms with Crippen molar-refractivity contribution in [3.05, 3.63) is 0 Å². The Kier molecular flexibility index (Phi) is 4.73. The maximum atomic E-state index is 2.86. The van der Waals surface area contributed by atoms with Crippen LogP contribution in [0, 0.1) is 11.3 Å². The number of rotatable bonds is 2. The Balaban J connectivity index is 1.23. The largest absolute Gasteiger partial charge is 0.305 e. The molecule has 1 atom stereocenters. The first-order valence-corrected chi connectivity index (χ1v) is 10.3. The molecule has 23 heavy (non-hydrogen) atoms. The summed E-state index contributed by atoms with van der Waals surface area (Å²) in [6.07, 6.45) is 11.7. The maximum Gasteiger partial charge on any atom is 0.0223 e. The van der Waals surface area contributed by atoms with Gasteiger partial charge < -0.3 is 9.80 Å². The third-order valence-electron chi connectivity index (χ3n) is 7.55. The van der Waals surface area contributed by atoms with Crippen molar-refractivity contribution in [1.82, 2.24) is 14.7 Å². The molecule has 3 aliphatic heterocycles. The van der Waals surface area contributed by atoms with E-state index in [1.807, 2.05) is 0 Å². The first-order valence-electron chi connectivity index (χ1n) is 10.3. The molecule has 0 aromatic carbocycles. The summed E-state index contributed by atoms with van der Waals surface area (Å²) in [4.78, 5) is 8.20. The molecule has 3 heterocycles. The van der Waals surface area contributed by atoms with Crippen LogP contribution in [-0.4, -0.2) is 73.1 Å². The molecular formula is C20H37N3. The Morgan fingerprint density at radius 3 is 2.04 bits per heavy atom. The van der Waals surface area contributed by atoms with Gasteiger partial charge in [0.1, 0.15) is 0 Å². The summed E-state index contributed by atoms with van der Waals surface area (Å²) in [5.74, 6) is 1.01. The van der Waals surface area contributed by atoms with Crippen LogP contribution < -0.4 is 0 Å². The van der Waals surface area contributed by atoms with Crippen molar-refractivity contribution < 1.29 is 0 Å². The van der Waals surface area contributed by atoms with Gasteiger partial charge in [0.25, 0.3) is 0 Å². The molecule has 3 nitrogen and oxygen atoms in total. The molecule has 1 unspecified atom stereocenters. The molecular weight excluding hydrogens is 282 g/mol. The van der Waals surface area contributed by atoms with Gasteiger partial charge in [0.2, 0.25) is 0 Å². The van der Waals surface area contributed by atoms with Gasteiger partial charge in [0.15, 0.2) is 0 Å². The standard InChI is InChI=1S/C20H37N3/c1-17-14-20(15-17)7-12-23(13-8-20)18-5-10-22(11-6-18)19-4-3-9-21(2)16-19/h17-19H,3-16H2,1-2H3. The van der Waals surface area contributed by atoms with Crippen LogP contribution in [0.15, 0.2) is 0 Å². The van der Waals surface area contributed by atoms with Gasteiger partial charge in [-0.1, -0.05) is 6.92 Å². The molecule has 1 aliphatic carbocycles. The molecule has 4 aliphatic rings. The van der Waals surface area contributed by atoms with Gasteiger partial charge in [-0.25, -0.2) is 0 Å². The molecule has 1 saturated carbocycles. The number of nitrogens with zero attached hydrogens (tertiary/aromatic N) is 3. The molecule has 0 aromatic heterocycles. The fourth-order valence-corrected chi connectivity index (χ4v) is 6.24. The fraction of sp³-hybridized carbons (Fsp3) is 1.00. The normalized spacial score (nSPS) is 35.5. The van der Waals surface area contributed by atoms with Crippen molar-refractivity contribution in [2.75, 3.05) is 46.3 Å². The molecule has 0 N–H and O–H groups in total. The Morgan fingerprint density at radius 1 is 0.783 bits per heavy atom. The number of likely N-dealkylation sites (N-methyl/N-ethyl adjacent to an activating group) is 1. The summed E-state index contributed by atoms with van der Waals surface area (Å²) < 4.78 is 0. The molecule has 0 aromatic rings. The average molecular weight is 320 g/mol. The monoisotopic (exact) mass is 319 g/mol. The van der Waals surface area contributed by atoms with Crippen LogP contribution in [0.3, 0.4) is 0 Å². The van der Waals surface area contributed by atoms with Crippen molar-refractivity contribution in [2.24, 2.45) is 11.3 Å². The van der Waals surface area contributed by atoms with Gasteiger partial charge in [-0.2, -0.15) is 0 Å². The Labute approximate surface area is 143 Å². The summed E-state index contributed by atoms with van der Waals surface area (Å²) in [5, 5.41) is 0. The second-order valence-corrected chi connectivity index (χ2v) is 9.37. The Hall–Kier alpha value is -0.120. The van der Waals surface area contributed by atoms with E-state index in [9.17, 15) is 0 Å². The molecule has 3 saturated heterocycles. The Bertz CT molecular complexity index is 386. The maximum absolute atomic E-state index is 2.86. The van der Waals surface area contributed by atoms with E-state index in [2.05, 4.69) is 28.7 Å². The van der Waals surface area contributed by atoms with Crippen LogP contribution in [0.1, 0.15) is 58.3 Å². The highest BCUT2D eigenvalue weighted by Crippen LogP contribution is 2.52. The van der Waals surface area contributed by atoms with E-state index >= 15 is 0 Å². The minimum Gasteiger partial charge on any atom is -0.305 e. The van der Waals surface area contributed by atoms with E-state index in [0.717, 1.165) is 23.4 Å². The lowest BCUT2D eigenvalue weighted by atomic mass is 9.58. The van der Waals surface area contributed by atoms with Crippen LogP contribution in [0.25, 0.3) is 0 Å². The van der Waals surface area contributed by atoms with E-state index in [4.69, 9.17) is 0 Å². The van der Waals surface area contributed by atoms with Crippen molar-refractivity contribution in [3.8, 4) is 0 Å². The van der Waals surface area contributed by atoms with Gasteiger partial charge >= 0.3 is 0 Å². The van der Waals surface area contributed by atoms with Gasteiger partial charge in [0, 0.05) is 18.6 Å². The minimum absolute atomic E-state index is 0.781. The molecule has 0 amide bonds. The van der Waals surface area contributed by atoms with Crippen LogP contribution in [-0.2, 0) is 0 Å². The highest BCUT2D eigenvalue weighted by Gasteiger charge is 2.44. The zero-order valence-electron chi connectivity index (χ0n) is 15.5. The number of piperidine rings is 3. The summed E-state index contributed by atoms with van der Waals surface area (Å²) >= 11 is 0. The van der Waals surface area contributed by atoms with Crippen molar-refractivity contribution in [3.63, 3.8) is 0 Å². The number of hydrogen-bond donors (Lipinski definition) is 0. The molecule has 4 rings (SSSR count). The van der Waals surface area contributed by atoms with Crippen LogP contribution in [0.4, 0.5) is 0 Å². The van der Waals surface area contributed by atoms with Gasteiger partial charge in [-0.3, -0.25) is 4.90 Å². The second kappa shape index (κ2) is 6.65. The van der Waals surface area contributed by atoms with Gasteiger partial charge in [-0.15, -0.1) is 0 Å². The minimum atomic E-state index is 0.781. The predicted octanol–water partition coefficient (Wildman–Crippen LogP) is 3.06. The van der Waals surface area contributed by atoms with E-state index in [-0.39, 0.29) is 0 Å². The quantitative estimate of drug-likeness (QED) is 0.774. The predicted molar refractivity (Wildman–Crippen MR) is 96.8 cm³/mol. The lowest BCUT2D eigenvalue weighted by Gasteiger charge is -2.53. The molecule has 0 bridgehead atoms. The van der Waals surface area contributed by atoms with Crippen molar-refractivity contribution in [1.29, 1.82) is 0 Å². The van der Waals surface area contributed by atoms with E-state index in [1.165, 1.54) is 90.6 Å². The first kappa shape index (κ1) is 16.4. The van der Waals surface area contributed by atoms with Crippen LogP contribution >= 0.6 is 0 Å². The highest BCUT2D eigenvalue weighted by atomic mass is 15.2. The molecule has 3 heteroatoms. The van der Waals surface area contributed by atoms with Crippen LogP contribution in [0.2, 0.25) is 0 Å². The summed E-state index contributed by atoms with van der Waals surface area (Å²) in [5.41, 5.74) is 0.781. The lowest BCUT2D eigenvalue weighted by molar-refractivity contribution is -0.0299. The topological polar surface area (TPSA) is 9.72 Å². The molecule has 132 valence electrons. The van der Waals surface area contributed by atoms with E-state index in [1.54, 1.807) is 0 Å². The number of hydrogen-bond acceptors (Lipinski definition) is 3. The summed E-state index contributed by atoms with van der Waals surface area (Å²) in [6.45, 7) is 10.5. The zero-order chi connectivity index (χ0) is 15.9. The zero-order valence-corrected chi connectivity index (χ0v) is 15.5. The van der Waals surface area contributed by atoms with Crippen molar-refractivity contribution in [2.45, 2.75) is 70.4 Å². The fourth-order valence-electron chi connectivity index (χ4n) is 6.24. The van der Waals surface area contributed by atoms with E-state index < -0.39 is 0 Å². The van der Waals surface area contributed by atoms with Gasteiger partial charge in [-0.05, 0) is 102 Å². The lowest BCUT2D eigenvalue weighted by Crippen LogP contribution is -2.55. The first-order chi connectivity index (χ1) is 11.1. The average Bonchev–Trinajstić information content (AvgIpc) is 2.55. The molecule has 0 radical (unpaired) electrons. The smallest absolute Gasteiger partial charge is 0.0223 e.